The van der Waals surface area contributed by atoms with E-state index < -0.39 is 11.9 Å². The minimum absolute atomic E-state index is 0.00838. The van der Waals surface area contributed by atoms with Crippen LogP contribution in [0.25, 0.3) is 0 Å². The Kier molecular flexibility index (Phi) is 4.03. The smallest absolute Gasteiger partial charge is 0.224 e. The molecular formula is C8H11ClFN3O. The van der Waals surface area contributed by atoms with Crippen LogP contribution in [0.15, 0.2) is 6.20 Å². The molecule has 78 valence electrons. The average molecular weight is 220 g/mol. The maximum Gasteiger partial charge on any atom is 0.224 e. The Hall–Kier alpha value is -0.940. The normalized spacial score (nSPS) is 12.6. The fraction of sp³-hybridized carbons (Fsp3) is 0.500. The zero-order valence-corrected chi connectivity index (χ0v) is 8.42. The molecule has 6 heteroatoms. The van der Waals surface area contributed by atoms with E-state index in [0.29, 0.717) is 13.0 Å². The minimum atomic E-state index is -0.556. The summed E-state index contributed by atoms with van der Waals surface area (Å²) in [5, 5.41) is 11.7. The lowest BCUT2D eigenvalue weighted by atomic mass is 10.3. The summed E-state index contributed by atoms with van der Waals surface area (Å²) >= 11 is 5.48. The van der Waals surface area contributed by atoms with E-state index in [4.69, 9.17) is 16.7 Å². The Morgan fingerprint density at radius 3 is 3.07 bits per heavy atom. The van der Waals surface area contributed by atoms with Gasteiger partial charge in [-0.3, -0.25) is 0 Å². The number of aromatic nitrogens is 2. The number of hydrogen-bond donors (Lipinski definition) is 2. The number of halogens is 2. The first-order chi connectivity index (χ1) is 6.59. The maximum atomic E-state index is 13.0. The molecule has 0 spiro atoms. The maximum absolute atomic E-state index is 13.0. The van der Waals surface area contributed by atoms with Gasteiger partial charge in [0.1, 0.15) is 0 Å². The van der Waals surface area contributed by atoms with Gasteiger partial charge in [0.05, 0.1) is 12.3 Å². The molecule has 4 nitrogen and oxygen atoms in total. The van der Waals surface area contributed by atoms with Gasteiger partial charge in [-0.25, -0.2) is 9.37 Å². The quantitative estimate of drug-likeness (QED) is 0.753. The molecule has 1 unspecified atom stereocenters. The standard InChI is InChI=1S/C8H11ClFN3O/c1-5(14)2-3-11-7-6(10)4-12-8(9)13-7/h4-5,14H,2-3H2,1H3,(H,11,12,13). The molecule has 1 aromatic rings. The van der Waals surface area contributed by atoms with Crippen LogP contribution in [0.2, 0.25) is 5.28 Å². The third kappa shape index (κ3) is 3.43. The largest absolute Gasteiger partial charge is 0.393 e. The van der Waals surface area contributed by atoms with Crippen LogP contribution in [-0.4, -0.2) is 27.7 Å². The second-order valence-electron chi connectivity index (χ2n) is 2.90. The summed E-state index contributed by atoms with van der Waals surface area (Å²) in [6, 6.07) is 0. The first kappa shape index (κ1) is 11.1. The molecule has 2 N–H and O–H groups in total. The van der Waals surface area contributed by atoms with Gasteiger partial charge < -0.3 is 10.4 Å². The molecule has 1 atom stereocenters. The summed E-state index contributed by atoms with van der Waals surface area (Å²) in [6.45, 7) is 2.09. The van der Waals surface area contributed by atoms with E-state index in [1.54, 1.807) is 6.92 Å². The van der Waals surface area contributed by atoms with Crippen molar-refractivity contribution in [3.8, 4) is 0 Å². The highest BCUT2D eigenvalue weighted by Gasteiger charge is 2.05. The lowest BCUT2D eigenvalue weighted by Crippen LogP contribution is -2.11. The first-order valence-corrected chi connectivity index (χ1v) is 4.57. The molecule has 1 aromatic heterocycles. The molecule has 1 heterocycles. The monoisotopic (exact) mass is 219 g/mol. The molecule has 0 saturated heterocycles. The molecule has 0 aliphatic rings. The lowest BCUT2D eigenvalue weighted by molar-refractivity contribution is 0.188. The first-order valence-electron chi connectivity index (χ1n) is 4.19. The molecule has 0 amide bonds. The lowest BCUT2D eigenvalue weighted by Gasteiger charge is -2.07. The van der Waals surface area contributed by atoms with Crippen molar-refractivity contribution in [1.29, 1.82) is 0 Å². The van der Waals surface area contributed by atoms with Gasteiger partial charge in [-0.2, -0.15) is 4.98 Å². The van der Waals surface area contributed by atoms with E-state index >= 15 is 0 Å². The van der Waals surface area contributed by atoms with Gasteiger partial charge in [-0.15, -0.1) is 0 Å². The zero-order valence-electron chi connectivity index (χ0n) is 7.67. The molecule has 0 fully saturated rings. The third-order valence-electron chi connectivity index (χ3n) is 1.57. The van der Waals surface area contributed by atoms with Crippen molar-refractivity contribution < 1.29 is 9.50 Å². The van der Waals surface area contributed by atoms with E-state index in [9.17, 15) is 4.39 Å². The summed E-state index contributed by atoms with van der Waals surface area (Å²) in [7, 11) is 0. The van der Waals surface area contributed by atoms with Crippen molar-refractivity contribution in [2.45, 2.75) is 19.4 Å². The molecule has 0 bridgehead atoms. The summed E-state index contributed by atoms with van der Waals surface area (Å²) < 4.78 is 13.0. The molecule has 0 saturated carbocycles. The molecule has 1 rings (SSSR count). The van der Waals surface area contributed by atoms with E-state index in [1.807, 2.05) is 0 Å². The van der Waals surface area contributed by atoms with Crippen molar-refractivity contribution >= 4 is 17.4 Å². The minimum Gasteiger partial charge on any atom is -0.393 e. The van der Waals surface area contributed by atoms with Crippen molar-refractivity contribution in [3.05, 3.63) is 17.3 Å². The van der Waals surface area contributed by atoms with Gasteiger partial charge in [0, 0.05) is 6.54 Å². The van der Waals surface area contributed by atoms with Crippen LogP contribution in [0.4, 0.5) is 10.2 Å². The van der Waals surface area contributed by atoms with Gasteiger partial charge in [0.25, 0.3) is 0 Å². The number of nitrogens with zero attached hydrogens (tertiary/aromatic N) is 2. The summed E-state index contributed by atoms with van der Waals surface area (Å²) in [5.41, 5.74) is 0. The molecule has 0 aromatic carbocycles. The van der Waals surface area contributed by atoms with Gasteiger partial charge in [0.15, 0.2) is 11.6 Å². The highest BCUT2D eigenvalue weighted by molar-refractivity contribution is 6.28. The number of aliphatic hydroxyl groups is 1. The Bertz CT molecular complexity index is 309. The third-order valence-corrected chi connectivity index (χ3v) is 1.75. The SMILES string of the molecule is CC(O)CCNc1nc(Cl)ncc1F. The van der Waals surface area contributed by atoms with Crippen molar-refractivity contribution in [2.75, 3.05) is 11.9 Å². The Morgan fingerprint density at radius 1 is 1.71 bits per heavy atom. The number of nitrogens with one attached hydrogen (secondary N) is 1. The predicted molar refractivity (Wildman–Crippen MR) is 51.8 cm³/mol. The Morgan fingerprint density at radius 2 is 2.43 bits per heavy atom. The van der Waals surface area contributed by atoms with Crippen LogP contribution in [-0.2, 0) is 0 Å². The van der Waals surface area contributed by atoms with Gasteiger partial charge in [-0.05, 0) is 24.9 Å². The predicted octanol–water partition coefficient (Wildman–Crippen LogP) is 1.45. The fourth-order valence-corrected chi connectivity index (χ4v) is 1.00. The van der Waals surface area contributed by atoms with E-state index in [2.05, 4.69) is 15.3 Å². The van der Waals surface area contributed by atoms with Crippen LogP contribution < -0.4 is 5.32 Å². The number of hydrogen-bond acceptors (Lipinski definition) is 4. The van der Waals surface area contributed by atoms with Crippen molar-refractivity contribution in [2.24, 2.45) is 0 Å². The number of anilines is 1. The molecule has 0 aliphatic carbocycles. The topological polar surface area (TPSA) is 58.0 Å². The second kappa shape index (κ2) is 5.07. The fourth-order valence-electron chi connectivity index (χ4n) is 0.869. The van der Waals surface area contributed by atoms with Crippen LogP contribution in [0, 0.1) is 5.82 Å². The van der Waals surface area contributed by atoms with Crippen molar-refractivity contribution in [1.82, 2.24) is 9.97 Å². The van der Waals surface area contributed by atoms with E-state index in [-0.39, 0.29) is 11.1 Å². The number of rotatable bonds is 4. The summed E-state index contributed by atoms with van der Waals surface area (Å²) in [6.07, 6.45) is 1.09. The highest BCUT2D eigenvalue weighted by atomic mass is 35.5. The molecule has 14 heavy (non-hydrogen) atoms. The molecule has 0 radical (unpaired) electrons. The summed E-state index contributed by atoms with van der Waals surface area (Å²) in [5.74, 6) is -0.495. The van der Waals surface area contributed by atoms with Crippen LogP contribution in [0.3, 0.4) is 0 Å². The highest BCUT2D eigenvalue weighted by Crippen LogP contribution is 2.11. The van der Waals surface area contributed by atoms with Crippen LogP contribution >= 0.6 is 11.6 Å². The molecule has 0 aliphatic heterocycles. The molecular weight excluding hydrogens is 209 g/mol. The van der Waals surface area contributed by atoms with Gasteiger partial charge in [-0.1, -0.05) is 0 Å². The van der Waals surface area contributed by atoms with Crippen LogP contribution in [0.1, 0.15) is 13.3 Å². The van der Waals surface area contributed by atoms with Crippen molar-refractivity contribution in [3.63, 3.8) is 0 Å². The van der Waals surface area contributed by atoms with E-state index in [0.717, 1.165) is 6.20 Å². The van der Waals surface area contributed by atoms with Gasteiger partial charge in [0.2, 0.25) is 5.28 Å². The average Bonchev–Trinajstić information content (AvgIpc) is 2.10. The Balaban J connectivity index is 2.53. The van der Waals surface area contributed by atoms with E-state index in [1.165, 1.54) is 0 Å². The number of aliphatic hydroxyl groups excluding tert-OH is 1. The zero-order chi connectivity index (χ0) is 10.6. The summed E-state index contributed by atoms with van der Waals surface area (Å²) in [4.78, 5) is 7.13. The Labute approximate surface area is 86.1 Å². The van der Waals surface area contributed by atoms with Crippen LogP contribution in [0.5, 0.6) is 0 Å². The van der Waals surface area contributed by atoms with Gasteiger partial charge >= 0.3 is 0 Å². The second-order valence-corrected chi connectivity index (χ2v) is 3.24.